The fourth-order valence-electron chi connectivity index (χ4n) is 2.67. The molecule has 2 N–H and O–H groups in total. The van der Waals surface area contributed by atoms with E-state index in [4.69, 9.17) is 11.6 Å². The molecule has 1 amide bonds. The van der Waals surface area contributed by atoms with Crippen LogP contribution in [0.2, 0.25) is 5.02 Å². The van der Waals surface area contributed by atoms with Crippen LogP contribution in [-0.4, -0.2) is 14.3 Å². The van der Waals surface area contributed by atoms with Crippen LogP contribution >= 0.6 is 11.6 Å². The van der Waals surface area contributed by atoms with Gasteiger partial charge in [0.25, 0.3) is 15.9 Å². The van der Waals surface area contributed by atoms with E-state index in [2.05, 4.69) is 10.0 Å². The Kier molecular flexibility index (Phi) is 6.20. The lowest BCUT2D eigenvalue weighted by Crippen LogP contribution is -2.23. The second kappa shape index (κ2) is 8.63. The van der Waals surface area contributed by atoms with Crippen molar-refractivity contribution in [2.45, 2.75) is 18.4 Å². The zero-order valence-corrected chi connectivity index (χ0v) is 17.0. The summed E-state index contributed by atoms with van der Waals surface area (Å²) < 4.78 is 40.7. The topological polar surface area (TPSA) is 75.3 Å². The second-order valence-corrected chi connectivity index (χ2v) is 8.52. The average Bonchev–Trinajstić information content (AvgIpc) is 2.68. The standard InChI is InChI=1S/C21H18ClFN2O3S/c1-14-11-16(21(26)24-13-15-3-2-4-18(23)12-15)5-10-20(14)25-29(27,28)19-8-6-17(22)7-9-19/h2-12,25H,13H2,1H3,(H,24,26). The van der Waals surface area contributed by atoms with Gasteiger partial charge < -0.3 is 5.32 Å². The van der Waals surface area contributed by atoms with Gasteiger partial charge in [0.1, 0.15) is 5.82 Å². The molecule has 0 unspecified atom stereocenters. The summed E-state index contributed by atoms with van der Waals surface area (Å²) in [5.41, 5.74) is 1.96. The van der Waals surface area contributed by atoms with Gasteiger partial charge in [-0.15, -0.1) is 0 Å². The molecule has 0 aliphatic carbocycles. The number of anilines is 1. The van der Waals surface area contributed by atoms with E-state index < -0.39 is 10.0 Å². The number of carbonyl (C=O) groups is 1. The highest BCUT2D eigenvalue weighted by molar-refractivity contribution is 7.92. The first kappa shape index (κ1) is 20.8. The van der Waals surface area contributed by atoms with E-state index in [-0.39, 0.29) is 23.2 Å². The first-order chi connectivity index (χ1) is 13.7. The van der Waals surface area contributed by atoms with Gasteiger partial charge in [0, 0.05) is 17.1 Å². The largest absolute Gasteiger partial charge is 0.348 e. The Bertz CT molecular complexity index is 1150. The van der Waals surface area contributed by atoms with Crippen molar-refractivity contribution in [2.24, 2.45) is 0 Å². The molecule has 0 saturated carbocycles. The number of aryl methyl sites for hydroxylation is 1. The fraction of sp³-hybridized carbons (Fsp3) is 0.0952. The lowest BCUT2D eigenvalue weighted by atomic mass is 10.1. The summed E-state index contributed by atoms with van der Waals surface area (Å²) >= 11 is 5.80. The number of benzene rings is 3. The van der Waals surface area contributed by atoms with Gasteiger partial charge >= 0.3 is 0 Å². The first-order valence-electron chi connectivity index (χ1n) is 8.66. The summed E-state index contributed by atoms with van der Waals surface area (Å²) in [7, 11) is -3.78. The Labute approximate surface area is 173 Å². The van der Waals surface area contributed by atoms with Crippen LogP contribution < -0.4 is 10.0 Å². The molecule has 0 heterocycles. The minimum atomic E-state index is -3.78. The molecule has 8 heteroatoms. The highest BCUT2D eigenvalue weighted by atomic mass is 35.5. The van der Waals surface area contributed by atoms with E-state index >= 15 is 0 Å². The van der Waals surface area contributed by atoms with Crippen molar-refractivity contribution in [1.29, 1.82) is 0 Å². The molecule has 0 bridgehead atoms. The van der Waals surface area contributed by atoms with Crippen molar-refractivity contribution in [3.8, 4) is 0 Å². The summed E-state index contributed by atoms with van der Waals surface area (Å²) in [6, 6.07) is 16.4. The van der Waals surface area contributed by atoms with Crippen molar-refractivity contribution >= 4 is 33.2 Å². The van der Waals surface area contributed by atoms with Crippen LogP contribution in [0.5, 0.6) is 0 Å². The fourth-order valence-corrected chi connectivity index (χ4v) is 3.92. The summed E-state index contributed by atoms with van der Waals surface area (Å²) in [5, 5.41) is 3.15. The minimum absolute atomic E-state index is 0.0817. The molecule has 3 rings (SSSR count). The zero-order chi connectivity index (χ0) is 21.0. The van der Waals surface area contributed by atoms with E-state index in [1.54, 1.807) is 25.1 Å². The third kappa shape index (κ3) is 5.34. The number of amides is 1. The quantitative estimate of drug-likeness (QED) is 0.601. The van der Waals surface area contributed by atoms with Gasteiger partial charge in [-0.05, 0) is 72.6 Å². The molecule has 3 aromatic rings. The Balaban J connectivity index is 1.71. The first-order valence-corrected chi connectivity index (χ1v) is 10.5. The highest BCUT2D eigenvalue weighted by Gasteiger charge is 2.16. The lowest BCUT2D eigenvalue weighted by molar-refractivity contribution is 0.0951. The van der Waals surface area contributed by atoms with Gasteiger partial charge in [-0.2, -0.15) is 0 Å². The van der Waals surface area contributed by atoms with Crippen LogP contribution in [0, 0.1) is 12.7 Å². The van der Waals surface area contributed by atoms with Gasteiger partial charge in [0.2, 0.25) is 0 Å². The molecule has 0 spiro atoms. The van der Waals surface area contributed by atoms with E-state index in [0.717, 1.165) is 0 Å². The van der Waals surface area contributed by atoms with Gasteiger partial charge in [-0.25, -0.2) is 12.8 Å². The maximum atomic E-state index is 13.2. The van der Waals surface area contributed by atoms with Crippen LogP contribution in [0.3, 0.4) is 0 Å². The Morgan fingerprint density at radius 1 is 1.03 bits per heavy atom. The summed E-state index contributed by atoms with van der Waals surface area (Å²) in [6.07, 6.45) is 0. The Hall–Kier alpha value is -2.90. The Morgan fingerprint density at radius 3 is 2.41 bits per heavy atom. The maximum Gasteiger partial charge on any atom is 0.261 e. The normalized spacial score (nSPS) is 11.1. The molecular formula is C21H18ClFN2O3S. The molecule has 0 aromatic heterocycles. The molecule has 3 aromatic carbocycles. The van der Waals surface area contributed by atoms with E-state index in [9.17, 15) is 17.6 Å². The van der Waals surface area contributed by atoms with Crippen LogP contribution in [0.4, 0.5) is 10.1 Å². The SMILES string of the molecule is Cc1cc(C(=O)NCc2cccc(F)c2)ccc1NS(=O)(=O)c1ccc(Cl)cc1. The van der Waals surface area contributed by atoms with Crippen molar-refractivity contribution in [2.75, 3.05) is 4.72 Å². The third-order valence-electron chi connectivity index (χ3n) is 4.20. The van der Waals surface area contributed by atoms with E-state index in [0.29, 0.717) is 27.4 Å². The molecule has 0 aliphatic heterocycles. The number of nitrogens with one attached hydrogen (secondary N) is 2. The molecule has 5 nitrogen and oxygen atoms in total. The van der Waals surface area contributed by atoms with Gasteiger partial charge in [0.15, 0.2) is 0 Å². The molecule has 0 saturated heterocycles. The van der Waals surface area contributed by atoms with E-state index in [1.807, 2.05) is 0 Å². The summed E-state index contributed by atoms with van der Waals surface area (Å²) in [5.74, 6) is -0.714. The number of hydrogen-bond acceptors (Lipinski definition) is 3. The second-order valence-electron chi connectivity index (χ2n) is 6.40. The number of sulfonamides is 1. The average molecular weight is 433 g/mol. The van der Waals surface area contributed by atoms with Crippen molar-refractivity contribution < 1.29 is 17.6 Å². The maximum absolute atomic E-state index is 13.2. The van der Waals surface area contributed by atoms with Crippen LogP contribution in [-0.2, 0) is 16.6 Å². The number of hydrogen-bond donors (Lipinski definition) is 2. The van der Waals surface area contributed by atoms with Crippen LogP contribution in [0.15, 0.2) is 71.6 Å². The van der Waals surface area contributed by atoms with Gasteiger partial charge in [-0.1, -0.05) is 23.7 Å². The number of rotatable bonds is 6. The van der Waals surface area contributed by atoms with Gasteiger partial charge in [-0.3, -0.25) is 9.52 Å². The third-order valence-corrected chi connectivity index (χ3v) is 5.83. The van der Waals surface area contributed by atoms with Crippen molar-refractivity contribution in [1.82, 2.24) is 5.32 Å². The zero-order valence-electron chi connectivity index (χ0n) is 15.4. The molecule has 0 atom stereocenters. The smallest absolute Gasteiger partial charge is 0.261 e. The molecule has 0 radical (unpaired) electrons. The number of carbonyl (C=O) groups excluding carboxylic acids is 1. The molecule has 0 fully saturated rings. The Morgan fingerprint density at radius 2 is 1.76 bits per heavy atom. The van der Waals surface area contributed by atoms with Crippen LogP contribution in [0.1, 0.15) is 21.5 Å². The molecule has 150 valence electrons. The summed E-state index contributed by atoms with van der Waals surface area (Å²) in [6.45, 7) is 1.88. The monoisotopic (exact) mass is 432 g/mol. The summed E-state index contributed by atoms with van der Waals surface area (Å²) in [4.78, 5) is 12.4. The van der Waals surface area contributed by atoms with Crippen molar-refractivity contribution in [3.05, 3.63) is 94.3 Å². The molecule has 0 aliphatic rings. The predicted molar refractivity (Wildman–Crippen MR) is 111 cm³/mol. The van der Waals surface area contributed by atoms with E-state index in [1.165, 1.54) is 48.5 Å². The van der Waals surface area contributed by atoms with Crippen LogP contribution in [0.25, 0.3) is 0 Å². The van der Waals surface area contributed by atoms with Crippen molar-refractivity contribution in [3.63, 3.8) is 0 Å². The predicted octanol–water partition coefficient (Wildman–Crippen LogP) is 4.52. The minimum Gasteiger partial charge on any atom is -0.348 e. The molecule has 29 heavy (non-hydrogen) atoms. The van der Waals surface area contributed by atoms with Gasteiger partial charge in [0.05, 0.1) is 10.6 Å². The highest BCUT2D eigenvalue weighted by Crippen LogP contribution is 2.22. The molecular weight excluding hydrogens is 415 g/mol. The lowest BCUT2D eigenvalue weighted by Gasteiger charge is -2.12. The number of halogens is 2.